The Kier molecular flexibility index (Phi) is 9.22. The largest absolute Gasteiger partial charge is 0.497 e. The van der Waals surface area contributed by atoms with Gasteiger partial charge in [0, 0.05) is 37.0 Å². The molecule has 3 aromatic carbocycles. The monoisotopic (exact) mass is 491 g/mol. The van der Waals surface area contributed by atoms with Crippen LogP contribution in [0.1, 0.15) is 29.8 Å². The van der Waals surface area contributed by atoms with Gasteiger partial charge in [-0.3, -0.25) is 4.79 Å². The number of ketones is 1. The molecule has 0 spiro atoms. The van der Waals surface area contributed by atoms with Crippen LogP contribution in [0.3, 0.4) is 0 Å². The molecule has 0 aromatic heterocycles. The molecule has 0 N–H and O–H groups in total. The zero-order chi connectivity index (χ0) is 26.1. The number of benzene rings is 3. The van der Waals surface area contributed by atoms with E-state index in [0.29, 0.717) is 40.1 Å². The topological polar surface area (TPSA) is 66.5 Å². The van der Waals surface area contributed by atoms with E-state index in [1.165, 1.54) is 27.4 Å². The van der Waals surface area contributed by atoms with Crippen molar-refractivity contribution >= 4 is 17.5 Å². The number of carbonyl (C=O) groups is 1. The number of carbonyl (C=O) groups excluding carboxylic acids is 1. The van der Waals surface area contributed by atoms with Crippen molar-refractivity contribution in [2.45, 2.75) is 13.8 Å². The van der Waals surface area contributed by atoms with Crippen LogP contribution in [-0.4, -0.2) is 47.3 Å². The van der Waals surface area contributed by atoms with Crippen molar-refractivity contribution in [2.24, 2.45) is 0 Å². The Morgan fingerprint density at radius 2 is 1.36 bits per heavy atom. The van der Waals surface area contributed by atoms with Crippen LogP contribution in [0.15, 0.2) is 60.7 Å². The summed E-state index contributed by atoms with van der Waals surface area (Å²) in [6.45, 7) is 6.14. The van der Waals surface area contributed by atoms with E-state index >= 15 is 0 Å². The van der Waals surface area contributed by atoms with Crippen molar-refractivity contribution in [1.82, 2.24) is 0 Å². The quantitative estimate of drug-likeness (QED) is 0.219. The fourth-order valence-corrected chi connectivity index (χ4v) is 3.81. The lowest BCUT2D eigenvalue weighted by molar-refractivity contribution is 0.104. The molecule has 0 aliphatic carbocycles. The molecule has 3 aromatic rings. The van der Waals surface area contributed by atoms with Crippen molar-refractivity contribution in [1.29, 1.82) is 0 Å². The van der Waals surface area contributed by atoms with Gasteiger partial charge in [-0.2, -0.15) is 0 Å². The molecule has 3 rings (SSSR count). The summed E-state index contributed by atoms with van der Waals surface area (Å²) < 4.78 is 27.7. The van der Waals surface area contributed by atoms with Gasteiger partial charge >= 0.3 is 0 Å². The second-order valence-corrected chi connectivity index (χ2v) is 7.79. The number of methoxy groups -OCH3 is 4. The Bertz CT molecular complexity index is 1170. The molecule has 0 radical (unpaired) electrons. The second-order valence-electron chi connectivity index (χ2n) is 7.79. The molecule has 7 heteroatoms. The first-order valence-corrected chi connectivity index (χ1v) is 11.7. The molecule has 7 nitrogen and oxygen atoms in total. The predicted octanol–water partition coefficient (Wildman–Crippen LogP) is 6.26. The smallest absolute Gasteiger partial charge is 0.203 e. The van der Waals surface area contributed by atoms with E-state index in [4.69, 9.17) is 23.7 Å². The highest BCUT2D eigenvalue weighted by Crippen LogP contribution is 2.42. The Morgan fingerprint density at radius 3 is 1.89 bits per heavy atom. The van der Waals surface area contributed by atoms with Gasteiger partial charge in [-0.1, -0.05) is 18.2 Å². The first-order chi connectivity index (χ1) is 17.5. The van der Waals surface area contributed by atoms with Crippen LogP contribution in [0.5, 0.6) is 34.5 Å². The van der Waals surface area contributed by atoms with Gasteiger partial charge < -0.3 is 28.6 Å². The number of anilines is 1. The zero-order valence-electron chi connectivity index (χ0n) is 21.7. The van der Waals surface area contributed by atoms with Crippen LogP contribution in [0.25, 0.3) is 6.08 Å². The highest BCUT2D eigenvalue weighted by molar-refractivity contribution is 6.08. The summed E-state index contributed by atoms with van der Waals surface area (Å²) in [4.78, 5) is 15.4. The third-order valence-corrected chi connectivity index (χ3v) is 5.77. The molecule has 0 aliphatic rings. The van der Waals surface area contributed by atoms with Crippen LogP contribution in [0, 0.1) is 0 Å². The maximum Gasteiger partial charge on any atom is 0.203 e. The van der Waals surface area contributed by atoms with Crippen LogP contribution in [0.4, 0.5) is 5.69 Å². The van der Waals surface area contributed by atoms with Crippen molar-refractivity contribution in [3.63, 3.8) is 0 Å². The molecule has 0 saturated carbocycles. The van der Waals surface area contributed by atoms with Crippen LogP contribution in [-0.2, 0) is 0 Å². The fraction of sp³-hybridized carbons (Fsp3) is 0.276. The average Bonchev–Trinajstić information content (AvgIpc) is 2.92. The molecule has 0 unspecified atom stereocenters. The molecule has 0 atom stereocenters. The van der Waals surface area contributed by atoms with E-state index in [9.17, 15) is 4.79 Å². The third-order valence-electron chi connectivity index (χ3n) is 5.77. The molecule has 0 heterocycles. The summed E-state index contributed by atoms with van der Waals surface area (Å²) in [5.41, 5.74) is 2.47. The lowest BCUT2D eigenvalue weighted by atomic mass is 10.1. The Balaban J connectivity index is 1.89. The average molecular weight is 492 g/mol. The minimum absolute atomic E-state index is 0.201. The first-order valence-electron chi connectivity index (χ1n) is 11.7. The van der Waals surface area contributed by atoms with Crippen LogP contribution in [0.2, 0.25) is 0 Å². The summed E-state index contributed by atoms with van der Waals surface area (Å²) in [6, 6.07) is 16.5. The van der Waals surface area contributed by atoms with E-state index in [0.717, 1.165) is 24.3 Å². The van der Waals surface area contributed by atoms with Gasteiger partial charge in [-0.05, 0) is 49.8 Å². The minimum atomic E-state index is -0.201. The Labute approximate surface area is 212 Å². The van der Waals surface area contributed by atoms with E-state index in [1.54, 1.807) is 43.5 Å². The standard InChI is InChI=1S/C29H33NO6/c1-7-30(8-2)21-12-9-20(10-13-21)11-16-25(31)24-15-14-22(32-3)17-26(24)36-23-18-27(33-4)29(35-6)28(19-23)34-5/h9-19H,7-8H2,1-6H3/b16-11+. The van der Waals surface area contributed by atoms with Gasteiger partial charge in [-0.15, -0.1) is 0 Å². The Morgan fingerprint density at radius 1 is 0.750 bits per heavy atom. The van der Waals surface area contributed by atoms with Crippen molar-refractivity contribution in [3.05, 3.63) is 71.8 Å². The van der Waals surface area contributed by atoms with Crippen LogP contribution < -0.4 is 28.6 Å². The van der Waals surface area contributed by atoms with Gasteiger partial charge in [0.05, 0.1) is 34.0 Å². The summed E-state index contributed by atoms with van der Waals surface area (Å²) in [7, 11) is 6.15. The molecule has 190 valence electrons. The van der Waals surface area contributed by atoms with E-state index < -0.39 is 0 Å². The van der Waals surface area contributed by atoms with Crippen molar-refractivity contribution in [3.8, 4) is 34.5 Å². The second kappa shape index (κ2) is 12.5. The molecule has 0 fully saturated rings. The number of nitrogens with zero attached hydrogens (tertiary/aromatic N) is 1. The zero-order valence-corrected chi connectivity index (χ0v) is 21.7. The highest BCUT2D eigenvalue weighted by atomic mass is 16.5. The first kappa shape index (κ1) is 26.5. The fourth-order valence-electron chi connectivity index (χ4n) is 3.81. The molecular weight excluding hydrogens is 458 g/mol. The highest BCUT2D eigenvalue weighted by Gasteiger charge is 2.17. The number of hydrogen-bond donors (Lipinski definition) is 0. The van der Waals surface area contributed by atoms with Crippen LogP contribution >= 0.6 is 0 Å². The van der Waals surface area contributed by atoms with Gasteiger partial charge in [0.25, 0.3) is 0 Å². The van der Waals surface area contributed by atoms with Gasteiger partial charge in [0.15, 0.2) is 17.3 Å². The predicted molar refractivity (Wildman–Crippen MR) is 143 cm³/mol. The molecule has 0 amide bonds. The molecular formula is C29H33NO6. The van der Waals surface area contributed by atoms with Gasteiger partial charge in [0.2, 0.25) is 5.75 Å². The normalized spacial score (nSPS) is 10.7. The number of ether oxygens (including phenoxy) is 5. The number of hydrogen-bond acceptors (Lipinski definition) is 7. The van der Waals surface area contributed by atoms with Crippen molar-refractivity contribution in [2.75, 3.05) is 46.4 Å². The summed E-state index contributed by atoms with van der Waals surface area (Å²) in [5, 5.41) is 0. The van der Waals surface area contributed by atoms with Gasteiger partial charge in [-0.25, -0.2) is 0 Å². The Hall–Kier alpha value is -4.13. The van der Waals surface area contributed by atoms with Gasteiger partial charge in [0.1, 0.15) is 17.2 Å². The summed E-state index contributed by atoms with van der Waals surface area (Å²) in [5.74, 6) is 2.45. The number of allylic oxidation sites excluding steroid dienone is 1. The molecule has 0 saturated heterocycles. The lowest BCUT2D eigenvalue weighted by Crippen LogP contribution is -2.21. The maximum absolute atomic E-state index is 13.2. The minimum Gasteiger partial charge on any atom is -0.497 e. The molecule has 36 heavy (non-hydrogen) atoms. The number of rotatable bonds is 12. The maximum atomic E-state index is 13.2. The molecule has 0 bridgehead atoms. The van der Waals surface area contributed by atoms with E-state index in [-0.39, 0.29) is 5.78 Å². The lowest BCUT2D eigenvalue weighted by Gasteiger charge is -2.20. The SMILES string of the molecule is CCN(CC)c1ccc(/C=C/C(=O)c2ccc(OC)cc2Oc2cc(OC)c(OC)c(OC)c2)cc1. The summed E-state index contributed by atoms with van der Waals surface area (Å²) >= 11 is 0. The third kappa shape index (κ3) is 6.10. The summed E-state index contributed by atoms with van der Waals surface area (Å²) in [6.07, 6.45) is 3.33. The molecule has 0 aliphatic heterocycles. The van der Waals surface area contributed by atoms with E-state index in [2.05, 4.69) is 30.9 Å². The van der Waals surface area contributed by atoms with E-state index in [1.807, 2.05) is 12.1 Å². The van der Waals surface area contributed by atoms with Crippen molar-refractivity contribution < 1.29 is 28.5 Å².